The van der Waals surface area contributed by atoms with Crippen molar-refractivity contribution >= 4 is 33.0 Å². The molecule has 2 aromatic rings. The van der Waals surface area contributed by atoms with E-state index >= 15 is 0 Å². The maximum Gasteiger partial charge on any atom is 0.261 e. The van der Waals surface area contributed by atoms with Crippen LogP contribution in [0.5, 0.6) is 0 Å². The van der Waals surface area contributed by atoms with Gasteiger partial charge in [-0.05, 0) is 43.7 Å². The van der Waals surface area contributed by atoms with Crippen LogP contribution >= 0.6 is 11.6 Å². The summed E-state index contributed by atoms with van der Waals surface area (Å²) in [5, 5.41) is 0.216. The molecule has 0 fully saturated rings. The summed E-state index contributed by atoms with van der Waals surface area (Å²) < 4.78 is 27.1. The minimum absolute atomic E-state index is 0.0803. The molecule has 0 aliphatic heterocycles. The van der Waals surface area contributed by atoms with Gasteiger partial charge in [-0.25, -0.2) is 8.42 Å². The molecule has 20 heavy (non-hydrogen) atoms. The Labute approximate surface area is 123 Å². The second kappa shape index (κ2) is 5.34. The molecule has 0 aliphatic rings. The number of nitrogens with one attached hydrogen (secondary N) is 1. The van der Waals surface area contributed by atoms with Gasteiger partial charge in [-0.3, -0.25) is 4.72 Å². The van der Waals surface area contributed by atoms with Crippen molar-refractivity contribution in [3.63, 3.8) is 0 Å². The van der Waals surface area contributed by atoms with Crippen molar-refractivity contribution in [1.29, 1.82) is 0 Å². The maximum absolute atomic E-state index is 12.3. The van der Waals surface area contributed by atoms with Crippen LogP contribution in [-0.4, -0.2) is 8.42 Å². The van der Waals surface area contributed by atoms with E-state index < -0.39 is 10.0 Å². The Bertz CT molecular complexity index is 758. The van der Waals surface area contributed by atoms with Gasteiger partial charge in [0.15, 0.2) is 0 Å². The Balaban J connectivity index is 2.38. The topological polar surface area (TPSA) is 72.2 Å². The van der Waals surface area contributed by atoms with Crippen LogP contribution in [-0.2, 0) is 10.0 Å². The number of rotatable bonds is 3. The van der Waals surface area contributed by atoms with E-state index in [0.29, 0.717) is 11.4 Å². The first kappa shape index (κ1) is 14.7. The second-order valence-electron chi connectivity index (χ2n) is 4.61. The van der Waals surface area contributed by atoms with Crippen LogP contribution in [0.25, 0.3) is 0 Å². The number of aryl methyl sites for hydroxylation is 2. The molecule has 2 rings (SSSR count). The molecule has 3 N–H and O–H groups in total. The Morgan fingerprint density at radius 2 is 1.80 bits per heavy atom. The highest BCUT2D eigenvalue weighted by Crippen LogP contribution is 2.25. The number of halogens is 1. The quantitative estimate of drug-likeness (QED) is 0.854. The molecule has 0 atom stereocenters. The van der Waals surface area contributed by atoms with Gasteiger partial charge in [-0.15, -0.1) is 0 Å². The summed E-state index contributed by atoms with van der Waals surface area (Å²) >= 11 is 5.86. The fourth-order valence-corrected chi connectivity index (χ4v) is 3.21. The molecule has 0 amide bonds. The molecule has 4 nitrogen and oxygen atoms in total. The molecule has 0 aliphatic carbocycles. The van der Waals surface area contributed by atoms with Gasteiger partial charge in [0.2, 0.25) is 0 Å². The van der Waals surface area contributed by atoms with Gasteiger partial charge in [-0.1, -0.05) is 29.3 Å². The van der Waals surface area contributed by atoms with Crippen LogP contribution in [0.1, 0.15) is 11.1 Å². The van der Waals surface area contributed by atoms with Gasteiger partial charge in [-0.2, -0.15) is 0 Å². The van der Waals surface area contributed by atoms with Crippen molar-refractivity contribution in [3.05, 3.63) is 52.5 Å². The lowest BCUT2D eigenvalue weighted by molar-refractivity contribution is 0.601. The van der Waals surface area contributed by atoms with Gasteiger partial charge >= 0.3 is 0 Å². The first-order chi connectivity index (χ1) is 9.29. The van der Waals surface area contributed by atoms with Crippen LogP contribution in [0.4, 0.5) is 11.4 Å². The third kappa shape index (κ3) is 3.05. The Morgan fingerprint density at radius 1 is 1.10 bits per heavy atom. The number of hydrogen-bond acceptors (Lipinski definition) is 3. The molecule has 0 bridgehead atoms. The zero-order valence-corrected chi connectivity index (χ0v) is 12.7. The van der Waals surface area contributed by atoms with Gasteiger partial charge in [0.05, 0.1) is 21.3 Å². The molecule has 6 heteroatoms. The lowest BCUT2D eigenvalue weighted by Gasteiger charge is -2.11. The second-order valence-corrected chi connectivity index (χ2v) is 6.70. The van der Waals surface area contributed by atoms with Crippen molar-refractivity contribution in [3.8, 4) is 0 Å². The molecule has 0 unspecified atom stereocenters. The van der Waals surface area contributed by atoms with Crippen LogP contribution in [0.15, 0.2) is 41.3 Å². The Kier molecular flexibility index (Phi) is 3.92. The van der Waals surface area contributed by atoms with Crippen LogP contribution in [0.3, 0.4) is 0 Å². The first-order valence-corrected chi connectivity index (χ1v) is 7.81. The highest BCUT2D eigenvalue weighted by Gasteiger charge is 2.16. The van der Waals surface area contributed by atoms with E-state index in [0.717, 1.165) is 11.1 Å². The molecule has 0 heterocycles. The largest absolute Gasteiger partial charge is 0.398 e. The third-order valence-corrected chi connectivity index (χ3v) is 4.60. The van der Waals surface area contributed by atoms with E-state index in [1.165, 1.54) is 18.2 Å². The standard InChI is InChI=1S/C14H15ClN2O2S/c1-9-3-6-14(10(2)7-9)17-20(18,19)11-4-5-13(16)12(15)8-11/h3-8,17H,16H2,1-2H3. The van der Waals surface area contributed by atoms with E-state index in [-0.39, 0.29) is 9.92 Å². The van der Waals surface area contributed by atoms with Gasteiger partial charge < -0.3 is 5.73 Å². The number of hydrogen-bond donors (Lipinski definition) is 2. The van der Waals surface area contributed by atoms with E-state index in [1.54, 1.807) is 6.07 Å². The molecule has 106 valence electrons. The van der Waals surface area contributed by atoms with Gasteiger partial charge in [0.25, 0.3) is 10.0 Å². The molecule has 0 saturated carbocycles. The highest BCUT2D eigenvalue weighted by atomic mass is 35.5. The Morgan fingerprint density at radius 3 is 2.40 bits per heavy atom. The summed E-state index contributed by atoms with van der Waals surface area (Å²) in [6.45, 7) is 3.80. The molecule has 0 aromatic heterocycles. The van der Waals surface area contributed by atoms with Crippen molar-refractivity contribution < 1.29 is 8.42 Å². The summed E-state index contributed by atoms with van der Waals surface area (Å²) in [6.07, 6.45) is 0. The van der Waals surface area contributed by atoms with E-state index in [2.05, 4.69) is 4.72 Å². The molecule has 0 saturated heterocycles. The Hall–Kier alpha value is -1.72. The zero-order valence-electron chi connectivity index (χ0n) is 11.1. The highest BCUT2D eigenvalue weighted by molar-refractivity contribution is 7.92. The fraction of sp³-hybridized carbons (Fsp3) is 0.143. The lowest BCUT2D eigenvalue weighted by Crippen LogP contribution is -2.14. The van der Waals surface area contributed by atoms with E-state index in [9.17, 15) is 8.42 Å². The number of nitrogens with two attached hydrogens (primary N) is 1. The summed E-state index contributed by atoms with van der Waals surface area (Å²) in [5.41, 5.74) is 8.39. The fourth-order valence-electron chi connectivity index (χ4n) is 1.81. The van der Waals surface area contributed by atoms with E-state index in [1.807, 2.05) is 26.0 Å². The normalized spacial score (nSPS) is 11.3. The van der Waals surface area contributed by atoms with Gasteiger partial charge in [0, 0.05) is 0 Å². The molecule has 0 spiro atoms. The molecule has 0 radical (unpaired) electrons. The summed E-state index contributed by atoms with van der Waals surface area (Å²) in [6, 6.07) is 9.73. The van der Waals surface area contributed by atoms with Crippen LogP contribution < -0.4 is 10.5 Å². The number of nitrogen functional groups attached to an aromatic ring is 1. The lowest BCUT2D eigenvalue weighted by atomic mass is 10.1. The summed E-state index contributed by atoms with van der Waals surface area (Å²) in [4.78, 5) is 0.0803. The first-order valence-electron chi connectivity index (χ1n) is 5.95. The minimum atomic E-state index is -3.68. The van der Waals surface area contributed by atoms with Crippen LogP contribution in [0, 0.1) is 13.8 Å². The number of anilines is 2. The van der Waals surface area contributed by atoms with Crippen molar-refractivity contribution in [1.82, 2.24) is 0 Å². The zero-order chi connectivity index (χ0) is 14.9. The van der Waals surface area contributed by atoms with Crippen molar-refractivity contribution in [2.45, 2.75) is 18.7 Å². The summed E-state index contributed by atoms with van der Waals surface area (Å²) in [5.74, 6) is 0. The summed E-state index contributed by atoms with van der Waals surface area (Å²) in [7, 11) is -3.68. The van der Waals surface area contributed by atoms with Crippen molar-refractivity contribution in [2.24, 2.45) is 0 Å². The van der Waals surface area contributed by atoms with Crippen molar-refractivity contribution in [2.75, 3.05) is 10.5 Å². The average molecular weight is 311 g/mol. The molecular weight excluding hydrogens is 296 g/mol. The number of sulfonamides is 1. The molecule has 2 aromatic carbocycles. The third-order valence-electron chi connectivity index (χ3n) is 2.91. The monoisotopic (exact) mass is 310 g/mol. The van der Waals surface area contributed by atoms with E-state index in [4.69, 9.17) is 17.3 Å². The van der Waals surface area contributed by atoms with Gasteiger partial charge in [0.1, 0.15) is 0 Å². The predicted octanol–water partition coefficient (Wildman–Crippen LogP) is 3.34. The minimum Gasteiger partial charge on any atom is -0.398 e. The predicted molar refractivity (Wildman–Crippen MR) is 82.6 cm³/mol. The SMILES string of the molecule is Cc1ccc(NS(=O)(=O)c2ccc(N)c(Cl)c2)c(C)c1. The maximum atomic E-state index is 12.3. The van der Waals surface area contributed by atoms with Crippen LogP contribution in [0.2, 0.25) is 5.02 Å². The average Bonchev–Trinajstić information content (AvgIpc) is 2.36. The smallest absolute Gasteiger partial charge is 0.261 e. The molecular formula is C14H15ClN2O2S. The number of benzene rings is 2.